The van der Waals surface area contributed by atoms with E-state index in [0.717, 1.165) is 11.8 Å². The number of allylic oxidation sites excluding steroid dienone is 2. The molecular formula is C10H16. The number of hydrogen-bond acceptors (Lipinski definition) is 0. The average molecular weight is 136 g/mol. The van der Waals surface area contributed by atoms with Crippen LogP contribution in [0.25, 0.3) is 0 Å². The van der Waals surface area contributed by atoms with E-state index in [9.17, 15) is 0 Å². The first-order valence-corrected chi connectivity index (χ1v) is 4.51. The molecule has 0 heterocycles. The first-order valence-electron chi connectivity index (χ1n) is 4.51. The lowest BCUT2D eigenvalue weighted by atomic mass is 9.68. The van der Waals surface area contributed by atoms with Gasteiger partial charge < -0.3 is 0 Å². The van der Waals surface area contributed by atoms with Gasteiger partial charge in [-0.1, -0.05) is 25.0 Å². The molecule has 2 aliphatic rings. The van der Waals surface area contributed by atoms with Crippen molar-refractivity contribution in [2.24, 2.45) is 11.8 Å². The predicted molar refractivity (Wildman–Crippen MR) is 43.8 cm³/mol. The SMILES string of the molecule is CC1CCC(C)C2=C1CC2. The summed E-state index contributed by atoms with van der Waals surface area (Å²) in [7, 11) is 0. The van der Waals surface area contributed by atoms with Crippen molar-refractivity contribution in [1.29, 1.82) is 0 Å². The maximum Gasteiger partial charge on any atom is -0.0229 e. The van der Waals surface area contributed by atoms with E-state index in [-0.39, 0.29) is 0 Å². The van der Waals surface area contributed by atoms with Crippen LogP contribution >= 0.6 is 0 Å². The van der Waals surface area contributed by atoms with Crippen LogP contribution in [-0.4, -0.2) is 0 Å². The summed E-state index contributed by atoms with van der Waals surface area (Å²) in [6.45, 7) is 4.78. The van der Waals surface area contributed by atoms with E-state index in [0.29, 0.717) is 0 Å². The van der Waals surface area contributed by atoms with Crippen molar-refractivity contribution < 1.29 is 0 Å². The Kier molecular flexibility index (Phi) is 1.36. The van der Waals surface area contributed by atoms with Crippen LogP contribution in [0.1, 0.15) is 39.5 Å². The summed E-state index contributed by atoms with van der Waals surface area (Å²) in [4.78, 5) is 0. The first-order chi connectivity index (χ1) is 4.79. The van der Waals surface area contributed by atoms with Crippen molar-refractivity contribution in [3.63, 3.8) is 0 Å². The minimum absolute atomic E-state index is 0.931. The summed E-state index contributed by atoms with van der Waals surface area (Å²) in [5.74, 6) is 1.86. The number of hydrogen-bond donors (Lipinski definition) is 0. The second kappa shape index (κ2) is 2.11. The molecule has 0 fully saturated rings. The van der Waals surface area contributed by atoms with Crippen LogP contribution in [0.15, 0.2) is 11.1 Å². The third-order valence-corrected chi connectivity index (χ3v) is 3.30. The van der Waals surface area contributed by atoms with Crippen molar-refractivity contribution in [2.45, 2.75) is 39.5 Å². The molecule has 0 aromatic carbocycles. The second-order valence-electron chi connectivity index (χ2n) is 3.93. The van der Waals surface area contributed by atoms with Gasteiger partial charge in [-0.05, 0) is 37.5 Å². The lowest BCUT2D eigenvalue weighted by Gasteiger charge is -2.37. The quantitative estimate of drug-likeness (QED) is 0.449. The molecule has 0 amide bonds. The van der Waals surface area contributed by atoms with E-state index in [1.54, 1.807) is 0 Å². The molecule has 0 saturated heterocycles. The normalized spacial score (nSPS) is 39.0. The highest BCUT2D eigenvalue weighted by molar-refractivity contribution is 5.30. The van der Waals surface area contributed by atoms with Gasteiger partial charge in [0, 0.05) is 0 Å². The van der Waals surface area contributed by atoms with Crippen LogP contribution < -0.4 is 0 Å². The topological polar surface area (TPSA) is 0 Å². The van der Waals surface area contributed by atoms with Crippen molar-refractivity contribution in [3.05, 3.63) is 11.1 Å². The van der Waals surface area contributed by atoms with E-state index < -0.39 is 0 Å². The highest BCUT2D eigenvalue weighted by Crippen LogP contribution is 2.45. The molecule has 2 rings (SSSR count). The van der Waals surface area contributed by atoms with Crippen LogP contribution in [0.4, 0.5) is 0 Å². The van der Waals surface area contributed by atoms with Gasteiger partial charge >= 0.3 is 0 Å². The third-order valence-electron chi connectivity index (χ3n) is 3.30. The van der Waals surface area contributed by atoms with Crippen molar-refractivity contribution in [3.8, 4) is 0 Å². The Morgan fingerprint density at radius 3 is 1.60 bits per heavy atom. The van der Waals surface area contributed by atoms with Gasteiger partial charge in [-0.15, -0.1) is 0 Å². The van der Waals surface area contributed by atoms with Crippen molar-refractivity contribution in [2.75, 3.05) is 0 Å². The van der Waals surface area contributed by atoms with Gasteiger partial charge in [0.25, 0.3) is 0 Å². The largest absolute Gasteiger partial charge is 0.0676 e. The fourth-order valence-corrected chi connectivity index (χ4v) is 2.39. The monoisotopic (exact) mass is 136 g/mol. The van der Waals surface area contributed by atoms with Crippen LogP contribution in [0.2, 0.25) is 0 Å². The molecule has 10 heavy (non-hydrogen) atoms. The zero-order chi connectivity index (χ0) is 7.14. The van der Waals surface area contributed by atoms with Crippen molar-refractivity contribution >= 4 is 0 Å². The molecule has 56 valence electrons. The summed E-state index contributed by atoms with van der Waals surface area (Å²) in [5.41, 5.74) is 3.64. The molecule has 0 aromatic rings. The van der Waals surface area contributed by atoms with Crippen LogP contribution in [-0.2, 0) is 0 Å². The molecule has 0 N–H and O–H groups in total. The van der Waals surface area contributed by atoms with E-state index >= 15 is 0 Å². The van der Waals surface area contributed by atoms with Gasteiger partial charge in [-0.2, -0.15) is 0 Å². The molecule has 0 saturated carbocycles. The molecule has 2 atom stereocenters. The highest BCUT2D eigenvalue weighted by Gasteiger charge is 2.29. The minimum atomic E-state index is 0.931. The second-order valence-corrected chi connectivity index (χ2v) is 3.93. The lowest BCUT2D eigenvalue weighted by molar-refractivity contribution is 0.396. The Balaban J connectivity index is 2.25. The van der Waals surface area contributed by atoms with Crippen LogP contribution in [0.3, 0.4) is 0 Å². The van der Waals surface area contributed by atoms with Crippen molar-refractivity contribution in [1.82, 2.24) is 0 Å². The maximum absolute atomic E-state index is 2.39. The van der Waals surface area contributed by atoms with Crippen LogP contribution in [0, 0.1) is 11.8 Å². The molecule has 0 bridgehead atoms. The smallest absolute Gasteiger partial charge is 0.0229 e. The summed E-state index contributed by atoms with van der Waals surface area (Å²) >= 11 is 0. The van der Waals surface area contributed by atoms with E-state index in [4.69, 9.17) is 0 Å². The average Bonchev–Trinajstić information content (AvgIpc) is 1.78. The summed E-state index contributed by atoms with van der Waals surface area (Å²) in [6, 6.07) is 0. The molecule has 0 heteroatoms. The van der Waals surface area contributed by atoms with Gasteiger partial charge in [0.1, 0.15) is 0 Å². The molecule has 0 spiro atoms. The summed E-state index contributed by atoms with van der Waals surface area (Å²) in [6.07, 6.45) is 5.72. The highest BCUT2D eigenvalue weighted by atomic mass is 14.3. The Morgan fingerprint density at radius 2 is 1.30 bits per heavy atom. The zero-order valence-corrected chi connectivity index (χ0v) is 6.98. The molecule has 0 aliphatic heterocycles. The lowest BCUT2D eigenvalue weighted by Crippen LogP contribution is -2.22. The van der Waals surface area contributed by atoms with E-state index in [2.05, 4.69) is 13.8 Å². The summed E-state index contributed by atoms with van der Waals surface area (Å²) < 4.78 is 0. The fraction of sp³-hybridized carbons (Fsp3) is 0.800. The van der Waals surface area contributed by atoms with Gasteiger partial charge in [0.05, 0.1) is 0 Å². The Labute approximate surface area is 63.3 Å². The van der Waals surface area contributed by atoms with E-state index in [1.165, 1.54) is 25.7 Å². The molecule has 2 unspecified atom stereocenters. The minimum Gasteiger partial charge on any atom is -0.0676 e. The van der Waals surface area contributed by atoms with Gasteiger partial charge in [-0.25, -0.2) is 0 Å². The Morgan fingerprint density at radius 1 is 0.900 bits per heavy atom. The standard InChI is InChI=1S/C10H16/c1-7-3-4-8(2)10-6-5-9(7)10/h7-8H,3-6H2,1-2H3. The third kappa shape index (κ3) is 0.744. The predicted octanol–water partition coefficient (Wildman–Crippen LogP) is 3.14. The van der Waals surface area contributed by atoms with E-state index in [1.807, 2.05) is 11.1 Å². The molecule has 0 nitrogen and oxygen atoms in total. The molecule has 2 aliphatic carbocycles. The molecule has 0 radical (unpaired) electrons. The molecular weight excluding hydrogens is 120 g/mol. The zero-order valence-electron chi connectivity index (χ0n) is 6.98. The number of rotatable bonds is 0. The Hall–Kier alpha value is -0.260. The Bertz CT molecular complexity index is 156. The first kappa shape index (κ1) is 6.45. The molecule has 0 aromatic heterocycles. The van der Waals surface area contributed by atoms with Crippen LogP contribution in [0.5, 0.6) is 0 Å². The van der Waals surface area contributed by atoms with Gasteiger partial charge in [0.15, 0.2) is 0 Å². The summed E-state index contributed by atoms with van der Waals surface area (Å²) in [5, 5.41) is 0. The van der Waals surface area contributed by atoms with Gasteiger partial charge in [0.2, 0.25) is 0 Å². The maximum atomic E-state index is 2.39. The van der Waals surface area contributed by atoms with Gasteiger partial charge in [-0.3, -0.25) is 0 Å². The fourth-order valence-electron chi connectivity index (χ4n) is 2.39.